The Labute approximate surface area is 153 Å². The summed E-state index contributed by atoms with van der Waals surface area (Å²) in [6, 6.07) is 8.00. The molecule has 0 spiro atoms. The number of hydrogen-bond acceptors (Lipinski definition) is 3. The molecule has 0 amide bonds. The third kappa shape index (κ3) is 3.58. The first-order valence-corrected chi connectivity index (χ1v) is 9.47. The molecule has 5 heteroatoms. The van der Waals surface area contributed by atoms with Gasteiger partial charge >= 0.3 is 0 Å². The second-order valence-corrected chi connectivity index (χ2v) is 7.18. The summed E-state index contributed by atoms with van der Waals surface area (Å²) >= 11 is 0. The normalized spacial score (nSPS) is 17.2. The van der Waals surface area contributed by atoms with E-state index in [0.717, 1.165) is 49.1 Å². The van der Waals surface area contributed by atoms with E-state index in [2.05, 4.69) is 27.5 Å². The lowest BCUT2D eigenvalue weighted by Gasteiger charge is -2.11. The van der Waals surface area contributed by atoms with Crippen LogP contribution in [0.15, 0.2) is 41.5 Å². The number of imidazole rings is 1. The molecule has 5 nitrogen and oxygen atoms in total. The van der Waals surface area contributed by atoms with Crippen molar-refractivity contribution in [3.8, 4) is 11.4 Å². The highest BCUT2D eigenvalue weighted by Crippen LogP contribution is 2.21. The Kier molecular flexibility index (Phi) is 4.89. The van der Waals surface area contributed by atoms with Gasteiger partial charge in [-0.1, -0.05) is 11.6 Å². The quantitative estimate of drug-likeness (QED) is 0.682. The van der Waals surface area contributed by atoms with Crippen LogP contribution in [0, 0.1) is 6.92 Å². The van der Waals surface area contributed by atoms with Crippen molar-refractivity contribution in [3.05, 3.63) is 52.6 Å². The van der Waals surface area contributed by atoms with Gasteiger partial charge in [0.25, 0.3) is 5.56 Å². The molecule has 1 aliphatic heterocycles. The number of H-pyrrole nitrogens is 1. The number of aromatic amines is 1. The molecule has 2 aromatic heterocycles. The van der Waals surface area contributed by atoms with E-state index in [-0.39, 0.29) is 5.56 Å². The summed E-state index contributed by atoms with van der Waals surface area (Å²) in [5.74, 6) is 0.742. The van der Waals surface area contributed by atoms with Crippen molar-refractivity contribution >= 4 is 10.9 Å². The fraction of sp³-hybridized carbons (Fsp3) is 0.429. The minimum atomic E-state index is -0.0897. The van der Waals surface area contributed by atoms with Gasteiger partial charge in [-0.05, 0) is 62.6 Å². The van der Waals surface area contributed by atoms with Crippen LogP contribution in [0.4, 0.5) is 0 Å². The van der Waals surface area contributed by atoms with Crippen molar-refractivity contribution < 1.29 is 4.74 Å². The number of nitrogens with zero attached hydrogens (tertiary/aromatic N) is 2. The monoisotopic (exact) mass is 351 g/mol. The molecular weight excluding hydrogens is 326 g/mol. The summed E-state index contributed by atoms with van der Waals surface area (Å²) in [5.41, 5.74) is 2.58. The largest absolute Gasteiger partial charge is 0.378 e. The zero-order chi connectivity index (χ0) is 17.9. The topological polar surface area (TPSA) is 59.9 Å². The van der Waals surface area contributed by atoms with Gasteiger partial charge in [0.1, 0.15) is 5.82 Å². The van der Waals surface area contributed by atoms with Gasteiger partial charge in [-0.2, -0.15) is 0 Å². The van der Waals surface area contributed by atoms with Gasteiger partial charge in [0.05, 0.1) is 11.7 Å². The fourth-order valence-electron chi connectivity index (χ4n) is 3.75. The Hall–Kier alpha value is -2.40. The second-order valence-electron chi connectivity index (χ2n) is 7.18. The van der Waals surface area contributed by atoms with Crippen LogP contribution in [0.2, 0.25) is 0 Å². The van der Waals surface area contributed by atoms with E-state index < -0.39 is 0 Å². The van der Waals surface area contributed by atoms with Crippen LogP contribution in [-0.4, -0.2) is 27.2 Å². The van der Waals surface area contributed by atoms with E-state index in [1.807, 2.05) is 24.4 Å². The van der Waals surface area contributed by atoms with Crippen molar-refractivity contribution in [1.82, 2.24) is 14.5 Å². The summed E-state index contributed by atoms with van der Waals surface area (Å²) in [6.07, 6.45) is 9.89. The number of hydrogen-bond donors (Lipinski definition) is 1. The van der Waals surface area contributed by atoms with Gasteiger partial charge < -0.3 is 14.3 Å². The average Bonchev–Trinajstić information content (AvgIpc) is 3.30. The number of unbranched alkanes of at least 4 members (excludes halogenated alkanes) is 1. The Morgan fingerprint density at radius 3 is 3.08 bits per heavy atom. The molecule has 136 valence electrons. The maximum absolute atomic E-state index is 12.5. The van der Waals surface area contributed by atoms with E-state index in [4.69, 9.17) is 4.74 Å². The molecule has 1 fully saturated rings. The SMILES string of the molecule is Cc1ccc2[nH]c(=O)c(-c3nccn3CCCCC3CCCO3)cc2c1. The van der Waals surface area contributed by atoms with Crippen molar-refractivity contribution in [2.45, 2.75) is 51.7 Å². The molecule has 0 bridgehead atoms. The highest BCUT2D eigenvalue weighted by atomic mass is 16.5. The second kappa shape index (κ2) is 7.46. The first kappa shape index (κ1) is 17.0. The maximum Gasteiger partial charge on any atom is 0.259 e. The average molecular weight is 351 g/mol. The first-order valence-electron chi connectivity index (χ1n) is 9.47. The molecular formula is C21H25N3O2. The van der Waals surface area contributed by atoms with Crippen LogP contribution >= 0.6 is 0 Å². The van der Waals surface area contributed by atoms with Crippen LogP contribution < -0.4 is 5.56 Å². The molecule has 1 aliphatic rings. The van der Waals surface area contributed by atoms with E-state index in [1.165, 1.54) is 18.4 Å². The van der Waals surface area contributed by atoms with Gasteiger partial charge in [0.2, 0.25) is 0 Å². The molecule has 4 rings (SSSR count). The molecule has 1 unspecified atom stereocenters. The standard InChI is InChI=1S/C21H25N3O2/c1-15-7-8-19-16(13-15)14-18(21(25)23-19)20-22-9-11-24(20)10-3-2-5-17-6-4-12-26-17/h7-9,11,13-14,17H,2-6,10,12H2,1H3,(H,23,25). The van der Waals surface area contributed by atoms with Crippen molar-refractivity contribution in [2.24, 2.45) is 0 Å². The lowest BCUT2D eigenvalue weighted by atomic mass is 10.1. The van der Waals surface area contributed by atoms with Crippen molar-refractivity contribution in [1.29, 1.82) is 0 Å². The number of fused-ring (bicyclic) bond motifs is 1. The third-order valence-corrected chi connectivity index (χ3v) is 5.16. The first-order chi connectivity index (χ1) is 12.7. The number of nitrogens with one attached hydrogen (secondary N) is 1. The number of aryl methyl sites for hydroxylation is 2. The molecule has 3 heterocycles. The Balaban J connectivity index is 1.51. The number of rotatable bonds is 6. The Morgan fingerprint density at radius 1 is 1.31 bits per heavy atom. The molecule has 1 aromatic carbocycles. The highest BCUT2D eigenvalue weighted by molar-refractivity contribution is 5.83. The Morgan fingerprint density at radius 2 is 2.23 bits per heavy atom. The number of pyridine rings is 1. The van der Waals surface area contributed by atoms with Gasteiger partial charge in [-0.15, -0.1) is 0 Å². The summed E-state index contributed by atoms with van der Waals surface area (Å²) in [7, 11) is 0. The lowest BCUT2D eigenvalue weighted by Crippen LogP contribution is -2.12. The minimum absolute atomic E-state index is 0.0897. The summed E-state index contributed by atoms with van der Waals surface area (Å²) in [6.45, 7) is 3.84. The van der Waals surface area contributed by atoms with Crippen molar-refractivity contribution in [2.75, 3.05) is 6.61 Å². The van der Waals surface area contributed by atoms with E-state index in [0.29, 0.717) is 11.7 Å². The maximum atomic E-state index is 12.5. The van der Waals surface area contributed by atoms with E-state index in [9.17, 15) is 4.79 Å². The number of ether oxygens (including phenoxy) is 1. The summed E-state index contributed by atoms with van der Waals surface area (Å²) in [5, 5.41) is 1.03. The number of aromatic nitrogens is 3. The lowest BCUT2D eigenvalue weighted by molar-refractivity contribution is 0.102. The van der Waals surface area contributed by atoms with Gasteiger partial charge in [0.15, 0.2) is 0 Å². The third-order valence-electron chi connectivity index (χ3n) is 5.16. The van der Waals surface area contributed by atoms with Gasteiger partial charge in [0, 0.05) is 31.1 Å². The van der Waals surface area contributed by atoms with Crippen LogP contribution in [0.1, 0.15) is 37.7 Å². The fourth-order valence-corrected chi connectivity index (χ4v) is 3.75. The van der Waals surface area contributed by atoms with Crippen LogP contribution in [0.3, 0.4) is 0 Å². The predicted octanol–water partition coefficient (Wildman–Crippen LogP) is 4.05. The van der Waals surface area contributed by atoms with Crippen molar-refractivity contribution in [3.63, 3.8) is 0 Å². The molecule has 1 N–H and O–H groups in total. The molecule has 3 aromatic rings. The van der Waals surface area contributed by atoms with Crippen LogP contribution in [0.5, 0.6) is 0 Å². The predicted molar refractivity (Wildman–Crippen MR) is 103 cm³/mol. The van der Waals surface area contributed by atoms with Crippen LogP contribution in [-0.2, 0) is 11.3 Å². The summed E-state index contributed by atoms with van der Waals surface area (Å²) in [4.78, 5) is 20.0. The van der Waals surface area contributed by atoms with E-state index in [1.54, 1.807) is 6.20 Å². The molecule has 0 radical (unpaired) electrons. The molecule has 1 atom stereocenters. The zero-order valence-corrected chi connectivity index (χ0v) is 15.2. The van der Waals surface area contributed by atoms with Gasteiger partial charge in [-0.25, -0.2) is 4.98 Å². The molecule has 0 saturated carbocycles. The van der Waals surface area contributed by atoms with E-state index >= 15 is 0 Å². The molecule has 26 heavy (non-hydrogen) atoms. The molecule has 1 saturated heterocycles. The zero-order valence-electron chi connectivity index (χ0n) is 15.2. The van der Waals surface area contributed by atoms with Gasteiger partial charge in [-0.3, -0.25) is 4.79 Å². The minimum Gasteiger partial charge on any atom is -0.378 e. The van der Waals surface area contributed by atoms with Crippen LogP contribution in [0.25, 0.3) is 22.3 Å². The highest BCUT2D eigenvalue weighted by Gasteiger charge is 2.15. The number of benzene rings is 1. The summed E-state index contributed by atoms with van der Waals surface area (Å²) < 4.78 is 7.77. The smallest absolute Gasteiger partial charge is 0.259 e. The molecule has 0 aliphatic carbocycles. The Bertz CT molecular complexity index is 951.